The molecule has 1 fully saturated rings. The maximum Gasteiger partial charge on any atom is 0.126 e. The number of benzene rings is 1. The molecule has 1 aromatic carbocycles. The van der Waals surface area contributed by atoms with Gasteiger partial charge in [0.1, 0.15) is 18.0 Å². The molecule has 2 unspecified atom stereocenters. The molecule has 25 heavy (non-hydrogen) atoms. The number of hydroxylamine groups is 2. The van der Waals surface area contributed by atoms with Crippen LogP contribution in [-0.2, 0) is 17.9 Å². The van der Waals surface area contributed by atoms with Crippen molar-refractivity contribution in [2.75, 3.05) is 19.6 Å². The average molecular weight is 383 g/mol. The molecular formula is C18H26N2O3S2. The summed E-state index contributed by atoms with van der Waals surface area (Å²) >= 11 is 0. The number of hydrogen-bond acceptors (Lipinski definition) is 7. The fraction of sp³-hybridized carbons (Fsp3) is 0.667. The van der Waals surface area contributed by atoms with Crippen molar-refractivity contribution in [2.45, 2.75) is 55.4 Å². The average Bonchev–Trinajstić information content (AvgIpc) is 2.65. The number of rotatable bonds is 4. The molecule has 1 saturated heterocycles. The van der Waals surface area contributed by atoms with E-state index >= 15 is 0 Å². The van der Waals surface area contributed by atoms with E-state index < -0.39 is 6.10 Å². The Morgan fingerprint density at radius 1 is 1.12 bits per heavy atom. The zero-order valence-electron chi connectivity index (χ0n) is 14.3. The first kappa shape index (κ1) is 17.9. The fourth-order valence-electron chi connectivity index (χ4n) is 3.78. The smallest absolute Gasteiger partial charge is 0.126 e. The van der Waals surface area contributed by atoms with E-state index in [0.29, 0.717) is 25.7 Å². The molecule has 0 saturated carbocycles. The van der Waals surface area contributed by atoms with Crippen molar-refractivity contribution in [3.05, 3.63) is 28.8 Å². The SMILES string of the molecule is OC(CNC1CCN(O)CC1)C1CCc2cc3c(cc2O1)CSSC3. The van der Waals surface area contributed by atoms with Crippen LogP contribution in [0, 0.1) is 0 Å². The van der Waals surface area contributed by atoms with Crippen molar-refractivity contribution in [3.63, 3.8) is 0 Å². The van der Waals surface area contributed by atoms with Crippen molar-refractivity contribution in [2.24, 2.45) is 0 Å². The summed E-state index contributed by atoms with van der Waals surface area (Å²) in [6.45, 7) is 1.94. The van der Waals surface area contributed by atoms with Crippen LogP contribution in [-0.4, -0.2) is 53.3 Å². The number of aliphatic hydroxyl groups is 1. The Morgan fingerprint density at radius 3 is 2.60 bits per heavy atom. The van der Waals surface area contributed by atoms with Gasteiger partial charge in [0.2, 0.25) is 0 Å². The number of aryl methyl sites for hydroxylation is 1. The molecule has 3 aliphatic heterocycles. The highest BCUT2D eigenvalue weighted by Crippen LogP contribution is 2.41. The minimum Gasteiger partial charge on any atom is -0.487 e. The predicted octanol–water partition coefficient (Wildman–Crippen LogP) is 2.58. The largest absolute Gasteiger partial charge is 0.487 e. The molecule has 7 heteroatoms. The summed E-state index contributed by atoms with van der Waals surface area (Å²) in [5.74, 6) is 3.08. The molecule has 3 N–H and O–H groups in total. The number of piperidine rings is 1. The maximum atomic E-state index is 10.6. The van der Waals surface area contributed by atoms with Gasteiger partial charge in [0.15, 0.2) is 0 Å². The molecule has 2 atom stereocenters. The highest BCUT2D eigenvalue weighted by Gasteiger charge is 2.28. The Morgan fingerprint density at radius 2 is 1.84 bits per heavy atom. The lowest BCUT2D eigenvalue weighted by Gasteiger charge is -2.33. The predicted molar refractivity (Wildman–Crippen MR) is 102 cm³/mol. The molecule has 4 rings (SSSR count). The molecule has 0 radical (unpaired) electrons. The first-order valence-corrected chi connectivity index (χ1v) is 11.6. The Hall–Kier alpha value is -0.440. The molecule has 0 bridgehead atoms. The second-order valence-corrected chi connectivity index (χ2v) is 9.61. The van der Waals surface area contributed by atoms with Crippen LogP contribution >= 0.6 is 21.6 Å². The number of nitrogens with one attached hydrogen (secondary N) is 1. The van der Waals surface area contributed by atoms with Gasteiger partial charge in [0.05, 0.1) is 0 Å². The number of hydrogen-bond donors (Lipinski definition) is 3. The van der Waals surface area contributed by atoms with Crippen LogP contribution in [0.15, 0.2) is 12.1 Å². The molecule has 0 aromatic heterocycles. The highest BCUT2D eigenvalue weighted by molar-refractivity contribution is 8.76. The molecule has 5 nitrogen and oxygen atoms in total. The number of ether oxygens (including phenoxy) is 1. The summed E-state index contributed by atoms with van der Waals surface area (Å²) in [5.41, 5.74) is 4.12. The fourth-order valence-corrected chi connectivity index (χ4v) is 6.00. The first-order valence-electron chi connectivity index (χ1n) is 9.10. The monoisotopic (exact) mass is 382 g/mol. The third-order valence-corrected chi connectivity index (χ3v) is 7.62. The second-order valence-electron chi connectivity index (χ2n) is 7.15. The normalized spacial score (nSPS) is 25.8. The zero-order chi connectivity index (χ0) is 17.2. The van der Waals surface area contributed by atoms with E-state index in [9.17, 15) is 10.3 Å². The van der Waals surface area contributed by atoms with Gasteiger partial charge in [0.25, 0.3) is 0 Å². The van der Waals surface area contributed by atoms with Gasteiger partial charge >= 0.3 is 0 Å². The quantitative estimate of drug-likeness (QED) is 0.692. The lowest BCUT2D eigenvalue weighted by atomic mass is 9.95. The highest BCUT2D eigenvalue weighted by atomic mass is 33.1. The second kappa shape index (κ2) is 8.06. The lowest BCUT2D eigenvalue weighted by Crippen LogP contribution is -2.47. The van der Waals surface area contributed by atoms with Gasteiger partial charge in [0, 0.05) is 37.2 Å². The van der Waals surface area contributed by atoms with E-state index in [1.807, 2.05) is 21.6 Å². The van der Waals surface area contributed by atoms with Crippen LogP contribution < -0.4 is 10.1 Å². The van der Waals surface area contributed by atoms with Gasteiger partial charge in [-0.15, -0.1) is 0 Å². The van der Waals surface area contributed by atoms with Crippen LogP contribution in [0.1, 0.15) is 36.0 Å². The molecule has 1 aromatic rings. The van der Waals surface area contributed by atoms with Crippen molar-refractivity contribution in [1.82, 2.24) is 10.4 Å². The van der Waals surface area contributed by atoms with Crippen LogP contribution in [0.5, 0.6) is 5.75 Å². The number of nitrogens with zero attached hydrogens (tertiary/aromatic N) is 1. The van der Waals surface area contributed by atoms with Crippen LogP contribution in [0.3, 0.4) is 0 Å². The maximum absolute atomic E-state index is 10.6. The third kappa shape index (κ3) is 4.28. The topological polar surface area (TPSA) is 65.0 Å². The molecular weight excluding hydrogens is 356 g/mol. The van der Waals surface area contributed by atoms with Gasteiger partial charge in [-0.2, -0.15) is 5.06 Å². The van der Waals surface area contributed by atoms with E-state index in [1.54, 1.807) is 0 Å². The van der Waals surface area contributed by atoms with Gasteiger partial charge in [-0.25, -0.2) is 0 Å². The number of aliphatic hydroxyl groups excluding tert-OH is 1. The van der Waals surface area contributed by atoms with E-state index in [4.69, 9.17) is 4.74 Å². The first-order chi connectivity index (χ1) is 12.2. The van der Waals surface area contributed by atoms with Gasteiger partial charge in [-0.1, -0.05) is 27.7 Å². The van der Waals surface area contributed by atoms with Crippen LogP contribution in [0.4, 0.5) is 0 Å². The van der Waals surface area contributed by atoms with Crippen LogP contribution in [0.2, 0.25) is 0 Å². The molecule has 0 aliphatic carbocycles. The van der Waals surface area contributed by atoms with Crippen molar-refractivity contribution in [1.29, 1.82) is 0 Å². The van der Waals surface area contributed by atoms with Crippen LogP contribution in [0.25, 0.3) is 0 Å². The molecule has 3 aliphatic rings. The summed E-state index contributed by atoms with van der Waals surface area (Å²) in [6, 6.07) is 4.87. The Labute approximate surface area is 156 Å². The molecule has 138 valence electrons. The minimum absolute atomic E-state index is 0.137. The van der Waals surface area contributed by atoms with E-state index in [2.05, 4.69) is 17.4 Å². The third-order valence-electron chi connectivity index (χ3n) is 5.39. The summed E-state index contributed by atoms with van der Waals surface area (Å²) in [6.07, 6.45) is 3.04. The number of fused-ring (bicyclic) bond motifs is 2. The minimum atomic E-state index is -0.499. The van der Waals surface area contributed by atoms with Gasteiger partial charge < -0.3 is 20.4 Å². The Bertz CT molecular complexity index is 608. The lowest BCUT2D eigenvalue weighted by molar-refractivity contribution is -0.108. The van der Waals surface area contributed by atoms with Crippen molar-refractivity contribution in [3.8, 4) is 5.75 Å². The van der Waals surface area contributed by atoms with E-state index in [0.717, 1.165) is 42.9 Å². The molecule has 3 heterocycles. The Kier molecular flexibility index (Phi) is 5.79. The molecule has 0 spiro atoms. The van der Waals surface area contributed by atoms with E-state index in [-0.39, 0.29) is 6.10 Å². The zero-order valence-corrected chi connectivity index (χ0v) is 16.0. The van der Waals surface area contributed by atoms with Crippen molar-refractivity contribution < 1.29 is 15.1 Å². The molecule has 0 amide bonds. The van der Waals surface area contributed by atoms with Gasteiger partial charge in [-0.3, -0.25) is 0 Å². The van der Waals surface area contributed by atoms with Gasteiger partial charge in [-0.05, 0) is 48.4 Å². The Balaban J connectivity index is 1.33. The summed E-state index contributed by atoms with van der Waals surface area (Å²) in [4.78, 5) is 0. The summed E-state index contributed by atoms with van der Waals surface area (Å²) in [7, 11) is 3.82. The summed E-state index contributed by atoms with van der Waals surface area (Å²) in [5, 5.41) is 24.8. The standard InChI is InChI=1S/C18H26N2O3S2/c21-16(9-19-15-3-5-20(22)6-4-15)17-2-1-12-7-13-10-24-25-11-14(13)8-18(12)23-17/h7-8,15-17,19,21-22H,1-6,9-11H2. The van der Waals surface area contributed by atoms with E-state index in [1.165, 1.54) is 21.8 Å². The van der Waals surface area contributed by atoms with Crippen molar-refractivity contribution >= 4 is 21.6 Å². The summed E-state index contributed by atoms with van der Waals surface area (Å²) < 4.78 is 6.16.